The number of hydrogen-bond donors (Lipinski definition) is 2. The molecule has 0 amide bonds. The van der Waals surface area contributed by atoms with Crippen LogP contribution in [0.1, 0.15) is 0 Å². The Kier molecular flexibility index (Phi) is 3.36. The quantitative estimate of drug-likeness (QED) is 0.260. The highest BCUT2D eigenvalue weighted by atomic mass is 16.3. The van der Waals surface area contributed by atoms with Crippen molar-refractivity contribution in [1.82, 2.24) is 4.40 Å². The van der Waals surface area contributed by atoms with Gasteiger partial charge in [0.1, 0.15) is 17.0 Å². The Morgan fingerprint density at radius 3 is 2.33 bits per heavy atom. The monoisotopic (exact) mass is 463 g/mol. The number of anilines is 2. The third-order valence-electron chi connectivity index (χ3n) is 7.96. The molecule has 1 aliphatic heterocycles. The van der Waals surface area contributed by atoms with Gasteiger partial charge in [-0.2, -0.15) is 0 Å². The maximum atomic E-state index is 6.44. The molecule has 0 spiro atoms. The summed E-state index contributed by atoms with van der Waals surface area (Å²) in [5.41, 5.74) is 7.89. The molecule has 2 aliphatic rings. The Morgan fingerprint density at radius 1 is 0.639 bits per heavy atom. The highest BCUT2D eigenvalue weighted by molar-refractivity contribution is 6.33. The standard InChI is InChI=1S/C32H21N3O/c1-2-8-18(9-3-1)19-14-15-25-21(16-19)29-28-20-10-4-7-13-26(20)36-27(28)17-22-30-32(35(25)31(22)29)34-24-12-6-5-11-23(24)33-30/h1-17,23-24,33-34H. The van der Waals surface area contributed by atoms with Crippen molar-refractivity contribution in [2.75, 3.05) is 10.6 Å². The summed E-state index contributed by atoms with van der Waals surface area (Å²) < 4.78 is 8.86. The number of para-hydroxylation sites is 1. The molecule has 0 radical (unpaired) electrons. The molecular formula is C32H21N3O. The van der Waals surface area contributed by atoms with Crippen LogP contribution in [-0.4, -0.2) is 16.5 Å². The first-order valence-electron chi connectivity index (χ1n) is 12.5. The van der Waals surface area contributed by atoms with Gasteiger partial charge in [0.2, 0.25) is 0 Å². The Labute approximate surface area is 206 Å². The molecule has 7 aromatic rings. The van der Waals surface area contributed by atoms with Crippen LogP contribution in [0.3, 0.4) is 0 Å². The van der Waals surface area contributed by atoms with Gasteiger partial charge >= 0.3 is 0 Å². The van der Waals surface area contributed by atoms with Crippen LogP contribution in [0.5, 0.6) is 0 Å². The Balaban J connectivity index is 1.48. The second-order valence-electron chi connectivity index (χ2n) is 9.89. The molecule has 2 atom stereocenters. The van der Waals surface area contributed by atoms with Crippen LogP contribution in [0, 0.1) is 0 Å². The summed E-state index contributed by atoms with van der Waals surface area (Å²) in [5, 5.41) is 13.7. The van der Waals surface area contributed by atoms with Gasteiger partial charge < -0.3 is 15.1 Å². The summed E-state index contributed by atoms with van der Waals surface area (Å²) in [6.45, 7) is 0. The van der Waals surface area contributed by atoms with Crippen molar-refractivity contribution in [2.24, 2.45) is 0 Å². The summed E-state index contributed by atoms with van der Waals surface area (Å²) in [7, 11) is 0. The van der Waals surface area contributed by atoms with Crippen molar-refractivity contribution in [2.45, 2.75) is 12.1 Å². The van der Waals surface area contributed by atoms with Gasteiger partial charge in [0, 0.05) is 26.9 Å². The largest absolute Gasteiger partial charge is 0.456 e. The molecule has 4 heteroatoms. The molecule has 4 aromatic carbocycles. The fourth-order valence-corrected chi connectivity index (χ4v) is 6.39. The molecule has 0 bridgehead atoms. The molecule has 0 saturated carbocycles. The summed E-state index contributed by atoms with van der Waals surface area (Å²) in [6.07, 6.45) is 8.71. The van der Waals surface area contributed by atoms with Crippen LogP contribution in [0.15, 0.2) is 108 Å². The van der Waals surface area contributed by atoms with E-state index in [1.807, 2.05) is 6.07 Å². The van der Waals surface area contributed by atoms with E-state index in [1.54, 1.807) is 0 Å². The van der Waals surface area contributed by atoms with Gasteiger partial charge in [-0.3, -0.25) is 4.40 Å². The van der Waals surface area contributed by atoms with E-state index in [9.17, 15) is 0 Å². The van der Waals surface area contributed by atoms with Gasteiger partial charge in [-0.15, -0.1) is 0 Å². The molecule has 0 fully saturated rings. The highest BCUT2D eigenvalue weighted by Crippen LogP contribution is 2.50. The number of rotatable bonds is 1. The number of benzene rings is 4. The second kappa shape index (κ2) is 6.49. The number of furan rings is 1. The Bertz CT molecular complexity index is 2060. The van der Waals surface area contributed by atoms with E-state index in [4.69, 9.17) is 4.42 Å². The average molecular weight is 464 g/mol. The Morgan fingerprint density at radius 2 is 1.44 bits per heavy atom. The number of nitrogens with zero attached hydrogens (tertiary/aromatic N) is 1. The minimum absolute atomic E-state index is 0.211. The van der Waals surface area contributed by atoms with Gasteiger partial charge in [0.15, 0.2) is 0 Å². The minimum atomic E-state index is 0.211. The number of nitrogens with one attached hydrogen (secondary N) is 2. The fourth-order valence-electron chi connectivity index (χ4n) is 6.39. The summed E-state index contributed by atoms with van der Waals surface area (Å²) in [6, 6.07) is 28.5. The third-order valence-corrected chi connectivity index (χ3v) is 7.96. The number of allylic oxidation sites excluding steroid dienone is 2. The maximum Gasteiger partial charge on any atom is 0.136 e. The van der Waals surface area contributed by atoms with Crippen molar-refractivity contribution in [3.05, 3.63) is 103 Å². The smallest absolute Gasteiger partial charge is 0.136 e. The normalized spacial score (nSPS) is 18.8. The maximum absolute atomic E-state index is 6.44. The molecule has 9 rings (SSSR count). The van der Waals surface area contributed by atoms with E-state index in [0.717, 1.165) is 28.1 Å². The topological polar surface area (TPSA) is 41.6 Å². The predicted octanol–water partition coefficient (Wildman–Crippen LogP) is 7.95. The van der Waals surface area contributed by atoms with Crippen molar-refractivity contribution in [3.63, 3.8) is 0 Å². The van der Waals surface area contributed by atoms with Gasteiger partial charge in [-0.25, -0.2) is 0 Å². The predicted molar refractivity (Wildman–Crippen MR) is 149 cm³/mol. The second-order valence-corrected chi connectivity index (χ2v) is 9.89. The zero-order valence-corrected chi connectivity index (χ0v) is 19.3. The average Bonchev–Trinajstić information content (AvgIpc) is 3.57. The lowest BCUT2D eigenvalue weighted by molar-refractivity contribution is 0.669. The van der Waals surface area contributed by atoms with Crippen LogP contribution in [-0.2, 0) is 0 Å². The summed E-state index contributed by atoms with van der Waals surface area (Å²) in [5.74, 6) is 1.12. The fraction of sp³-hybridized carbons (Fsp3) is 0.0625. The third kappa shape index (κ3) is 2.24. The first kappa shape index (κ1) is 18.6. The summed E-state index contributed by atoms with van der Waals surface area (Å²) >= 11 is 0. The lowest BCUT2D eigenvalue weighted by Gasteiger charge is -2.33. The zero-order valence-electron chi connectivity index (χ0n) is 19.3. The molecule has 1 aliphatic carbocycles. The lowest BCUT2D eigenvalue weighted by Crippen LogP contribution is -2.41. The molecule has 170 valence electrons. The molecule has 4 heterocycles. The Hall–Kier alpha value is -4.70. The zero-order chi connectivity index (χ0) is 23.4. The minimum Gasteiger partial charge on any atom is -0.456 e. The van der Waals surface area contributed by atoms with Gasteiger partial charge in [0.25, 0.3) is 0 Å². The number of aromatic nitrogens is 1. The van der Waals surface area contributed by atoms with E-state index in [0.29, 0.717) is 0 Å². The molecule has 3 aromatic heterocycles. The van der Waals surface area contributed by atoms with E-state index < -0.39 is 0 Å². The van der Waals surface area contributed by atoms with E-state index in [2.05, 4.69) is 112 Å². The number of hydrogen-bond acceptors (Lipinski definition) is 3. The van der Waals surface area contributed by atoms with Gasteiger partial charge in [-0.05, 0) is 35.4 Å². The van der Waals surface area contributed by atoms with E-state index in [1.165, 1.54) is 43.7 Å². The van der Waals surface area contributed by atoms with Crippen molar-refractivity contribution in [1.29, 1.82) is 0 Å². The van der Waals surface area contributed by atoms with Crippen LogP contribution in [0.25, 0.3) is 60.3 Å². The van der Waals surface area contributed by atoms with E-state index in [-0.39, 0.29) is 12.1 Å². The summed E-state index contributed by atoms with van der Waals surface area (Å²) in [4.78, 5) is 0. The molecule has 36 heavy (non-hydrogen) atoms. The molecular weight excluding hydrogens is 442 g/mol. The van der Waals surface area contributed by atoms with E-state index >= 15 is 0 Å². The first-order valence-corrected chi connectivity index (χ1v) is 12.5. The molecule has 0 saturated heterocycles. The molecule has 2 unspecified atom stereocenters. The van der Waals surface area contributed by atoms with Gasteiger partial charge in [-0.1, -0.05) is 78.9 Å². The van der Waals surface area contributed by atoms with Crippen LogP contribution in [0.4, 0.5) is 11.5 Å². The highest BCUT2D eigenvalue weighted by Gasteiger charge is 2.32. The molecule has 2 N–H and O–H groups in total. The van der Waals surface area contributed by atoms with Crippen molar-refractivity contribution < 1.29 is 4.42 Å². The lowest BCUT2D eigenvalue weighted by atomic mass is 9.98. The first-order chi connectivity index (χ1) is 17.8. The van der Waals surface area contributed by atoms with Gasteiger partial charge in [0.05, 0.1) is 28.8 Å². The van der Waals surface area contributed by atoms with Crippen molar-refractivity contribution >= 4 is 60.6 Å². The van der Waals surface area contributed by atoms with Crippen LogP contribution >= 0.6 is 0 Å². The SMILES string of the molecule is C1=CC2Nc3c(n4c5ccc(-c6ccccc6)cc5c5c6c(cc3c54)oc3ccccc36)NC2C=C1. The number of fused-ring (bicyclic) bond motifs is 11. The molecule has 4 nitrogen and oxygen atoms in total. The van der Waals surface area contributed by atoms with Crippen LogP contribution in [0.2, 0.25) is 0 Å². The van der Waals surface area contributed by atoms with Crippen LogP contribution < -0.4 is 10.6 Å². The van der Waals surface area contributed by atoms with Crippen molar-refractivity contribution in [3.8, 4) is 11.1 Å².